The number of hydrogen-bond donors (Lipinski definition) is 1. The smallest absolute Gasteiger partial charge is 0.230 e. The molecule has 1 fully saturated rings. The first-order valence-electron chi connectivity index (χ1n) is 8.59. The van der Waals surface area contributed by atoms with Gasteiger partial charge in [-0.25, -0.2) is 4.68 Å². The molecule has 1 aromatic heterocycles. The molecule has 2 aromatic rings. The number of amides is 1. The van der Waals surface area contributed by atoms with Gasteiger partial charge in [-0.15, -0.1) is 5.10 Å². The molecule has 1 aromatic carbocycles. The second-order valence-electron chi connectivity index (χ2n) is 6.49. The van der Waals surface area contributed by atoms with Crippen LogP contribution in [0, 0.1) is 0 Å². The van der Waals surface area contributed by atoms with Crippen LogP contribution in [-0.2, 0) is 11.2 Å². The number of carbonyl (C=O) groups excluding carboxylic acids is 1. The van der Waals surface area contributed by atoms with Crippen molar-refractivity contribution in [1.29, 1.82) is 0 Å². The molecule has 0 radical (unpaired) electrons. The van der Waals surface area contributed by atoms with Gasteiger partial charge in [0.25, 0.3) is 0 Å². The van der Waals surface area contributed by atoms with Gasteiger partial charge in [0.2, 0.25) is 11.1 Å². The van der Waals surface area contributed by atoms with Gasteiger partial charge in [0.1, 0.15) is 0 Å². The predicted octanol–water partition coefficient (Wildman–Crippen LogP) is 2.68. The van der Waals surface area contributed by atoms with E-state index in [4.69, 9.17) is 0 Å². The standard InChI is InChI=1S/C17H21N5OS/c23-16(18-15-10-9-12-5-1-4-8-14(12)15)11-24-17-19-20-21-22(17)13-6-2-3-7-13/h1,4-5,8,13,15H,2-3,6-7,9-11H2,(H,18,23). The summed E-state index contributed by atoms with van der Waals surface area (Å²) in [5, 5.41) is 15.9. The van der Waals surface area contributed by atoms with Crippen molar-refractivity contribution in [3.8, 4) is 0 Å². The van der Waals surface area contributed by atoms with Crippen molar-refractivity contribution in [3.05, 3.63) is 35.4 Å². The fraction of sp³-hybridized carbons (Fsp3) is 0.529. The van der Waals surface area contributed by atoms with Gasteiger partial charge in [-0.1, -0.05) is 48.9 Å². The van der Waals surface area contributed by atoms with Crippen LogP contribution in [0.2, 0.25) is 0 Å². The summed E-state index contributed by atoms with van der Waals surface area (Å²) >= 11 is 1.43. The maximum absolute atomic E-state index is 12.3. The van der Waals surface area contributed by atoms with Gasteiger partial charge in [-0.3, -0.25) is 4.79 Å². The van der Waals surface area contributed by atoms with Gasteiger partial charge in [0, 0.05) is 0 Å². The highest BCUT2D eigenvalue weighted by Crippen LogP contribution is 2.32. The molecule has 1 amide bonds. The lowest BCUT2D eigenvalue weighted by Gasteiger charge is -2.14. The summed E-state index contributed by atoms with van der Waals surface area (Å²) in [6.45, 7) is 0. The van der Waals surface area contributed by atoms with Crippen molar-refractivity contribution < 1.29 is 4.79 Å². The molecule has 24 heavy (non-hydrogen) atoms. The third-order valence-corrected chi connectivity index (χ3v) is 5.87. The molecule has 1 unspecified atom stereocenters. The summed E-state index contributed by atoms with van der Waals surface area (Å²) in [5.41, 5.74) is 2.60. The van der Waals surface area contributed by atoms with E-state index in [0.29, 0.717) is 11.8 Å². The van der Waals surface area contributed by atoms with E-state index in [1.165, 1.54) is 35.7 Å². The number of aryl methyl sites for hydroxylation is 1. The van der Waals surface area contributed by atoms with Gasteiger partial charge in [0.15, 0.2) is 0 Å². The Morgan fingerprint density at radius 2 is 2.08 bits per heavy atom. The van der Waals surface area contributed by atoms with E-state index >= 15 is 0 Å². The zero-order chi connectivity index (χ0) is 16.4. The van der Waals surface area contributed by atoms with Crippen LogP contribution in [0.4, 0.5) is 0 Å². The minimum atomic E-state index is 0.0441. The van der Waals surface area contributed by atoms with Gasteiger partial charge >= 0.3 is 0 Å². The number of hydrogen-bond acceptors (Lipinski definition) is 5. The van der Waals surface area contributed by atoms with Crippen LogP contribution in [0.15, 0.2) is 29.4 Å². The van der Waals surface area contributed by atoms with Crippen LogP contribution in [0.1, 0.15) is 55.3 Å². The van der Waals surface area contributed by atoms with Crippen molar-refractivity contribution in [2.24, 2.45) is 0 Å². The average Bonchev–Trinajstić information content (AvgIpc) is 3.33. The number of thioether (sulfide) groups is 1. The normalized spacial score (nSPS) is 20.2. The minimum absolute atomic E-state index is 0.0441. The molecule has 4 rings (SSSR count). The van der Waals surface area contributed by atoms with Gasteiger partial charge < -0.3 is 5.32 Å². The number of benzene rings is 1. The zero-order valence-electron chi connectivity index (χ0n) is 13.5. The van der Waals surface area contributed by atoms with E-state index in [0.717, 1.165) is 30.8 Å². The SMILES string of the molecule is O=C(CSc1nnnn1C1CCCC1)NC1CCc2ccccc21. The second-order valence-corrected chi connectivity index (χ2v) is 7.43. The topological polar surface area (TPSA) is 72.7 Å². The highest BCUT2D eigenvalue weighted by atomic mass is 32.2. The Morgan fingerprint density at radius 1 is 1.25 bits per heavy atom. The van der Waals surface area contributed by atoms with Crippen molar-refractivity contribution in [1.82, 2.24) is 25.5 Å². The Balaban J connectivity index is 1.34. The Morgan fingerprint density at radius 3 is 2.96 bits per heavy atom. The van der Waals surface area contributed by atoms with Crippen LogP contribution < -0.4 is 5.32 Å². The fourth-order valence-corrected chi connectivity index (χ4v) is 4.49. The number of tetrazole rings is 1. The molecule has 0 spiro atoms. The maximum atomic E-state index is 12.3. The molecule has 0 aliphatic heterocycles. The first-order valence-corrected chi connectivity index (χ1v) is 9.57. The van der Waals surface area contributed by atoms with E-state index in [1.807, 2.05) is 10.7 Å². The Kier molecular flexibility index (Phi) is 4.51. The minimum Gasteiger partial charge on any atom is -0.349 e. The number of nitrogens with one attached hydrogen (secondary N) is 1. The molecule has 0 bridgehead atoms. The molecule has 0 saturated heterocycles. The highest BCUT2D eigenvalue weighted by Gasteiger charge is 2.25. The van der Waals surface area contributed by atoms with Crippen LogP contribution >= 0.6 is 11.8 Å². The van der Waals surface area contributed by atoms with Crippen molar-refractivity contribution in [2.45, 2.75) is 55.8 Å². The molecule has 6 nitrogen and oxygen atoms in total. The van der Waals surface area contributed by atoms with E-state index < -0.39 is 0 Å². The first-order chi connectivity index (χ1) is 11.8. The molecule has 2 aliphatic carbocycles. The van der Waals surface area contributed by atoms with Gasteiger partial charge in [-0.05, 0) is 47.2 Å². The van der Waals surface area contributed by atoms with Gasteiger partial charge in [-0.2, -0.15) is 0 Å². The monoisotopic (exact) mass is 343 g/mol. The molecule has 1 N–H and O–H groups in total. The largest absolute Gasteiger partial charge is 0.349 e. The van der Waals surface area contributed by atoms with Crippen LogP contribution in [0.5, 0.6) is 0 Å². The first kappa shape index (κ1) is 15.6. The zero-order valence-corrected chi connectivity index (χ0v) is 14.3. The molecule has 7 heteroatoms. The molecule has 1 saturated carbocycles. The Labute approximate surface area is 145 Å². The maximum Gasteiger partial charge on any atom is 0.230 e. The number of fused-ring (bicyclic) bond motifs is 1. The van der Waals surface area contributed by atoms with E-state index in [2.05, 4.69) is 39.0 Å². The average molecular weight is 343 g/mol. The lowest BCUT2D eigenvalue weighted by Crippen LogP contribution is -2.28. The van der Waals surface area contributed by atoms with Crippen molar-refractivity contribution in [3.63, 3.8) is 0 Å². The lowest BCUT2D eigenvalue weighted by molar-refractivity contribution is -0.119. The van der Waals surface area contributed by atoms with Crippen LogP contribution in [-0.4, -0.2) is 31.9 Å². The number of aromatic nitrogens is 4. The number of carbonyl (C=O) groups is 1. The molecular weight excluding hydrogens is 322 g/mol. The summed E-state index contributed by atoms with van der Waals surface area (Å²) in [6, 6.07) is 8.88. The Bertz CT molecular complexity index is 725. The molecular formula is C17H21N5OS. The lowest BCUT2D eigenvalue weighted by atomic mass is 10.1. The highest BCUT2D eigenvalue weighted by molar-refractivity contribution is 7.99. The Hall–Kier alpha value is -1.89. The molecule has 1 heterocycles. The summed E-state index contributed by atoms with van der Waals surface area (Å²) in [5.74, 6) is 0.397. The van der Waals surface area contributed by atoms with Crippen molar-refractivity contribution in [2.75, 3.05) is 5.75 Å². The molecule has 1 atom stereocenters. The number of rotatable bonds is 5. The third-order valence-electron chi connectivity index (χ3n) is 4.93. The quantitative estimate of drug-likeness (QED) is 0.845. The third kappa shape index (κ3) is 3.17. The number of nitrogens with zero attached hydrogens (tertiary/aromatic N) is 4. The molecule has 2 aliphatic rings. The summed E-state index contributed by atoms with van der Waals surface area (Å²) in [4.78, 5) is 12.3. The van der Waals surface area contributed by atoms with Crippen LogP contribution in [0.3, 0.4) is 0 Å². The van der Waals surface area contributed by atoms with Crippen molar-refractivity contribution >= 4 is 17.7 Å². The van der Waals surface area contributed by atoms with E-state index in [1.54, 1.807) is 0 Å². The fourth-order valence-electron chi connectivity index (χ4n) is 3.73. The predicted molar refractivity (Wildman–Crippen MR) is 91.7 cm³/mol. The van der Waals surface area contributed by atoms with Gasteiger partial charge in [0.05, 0.1) is 17.8 Å². The second kappa shape index (κ2) is 6.93. The van der Waals surface area contributed by atoms with Crippen LogP contribution in [0.25, 0.3) is 0 Å². The van der Waals surface area contributed by atoms with E-state index in [-0.39, 0.29) is 11.9 Å². The van der Waals surface area contributed by atoms with E-state index in [9.17, 15) is 4.79 Å². The summed E-state index contributed by atoms with van der Waals surface area (Å²) in [7, 11) is 0. The summed E-state index contributed by atoms with van der Waals surface area (Å²) < 4.78 is 1.90. The summed E-state index contributed by atoms with van der Waals surface area (Å²) in [6.07, 6.45) is 6.74. The molecule has 126 valence electrons.